The number of aromatic carboxylic acids is 1. The summed E-state index contributed by atoms with van der Waals surface area (Å²) in [7, 11) is 2.12. The van der Waals surface area contributed by atoms with Crippen molar-refractivity contribution in [3.05, 3.63) is 53.5 Å². The largest absolute Gasteiger partial charge is 0.478 e. The van der Waals surface area contributed by atoms with Crippen LogP contribution in [-0.2, 0) is 0 Å². The Morgan fingerprint density at radius 1 is 1.28 bits per heavy atom. The number of benzene rings is 1. The fourth-order valence-electron chi connectivity index (χ4n) is 3.19. The number of aromatic nitrogens is 2. The molecule has 1 saturated heterocycles. The van der Waals surface area contributed by atoms with Crippen LogP contribution in [0.25, 0.3) is 11.3 Å². The molecule has 0 saturated carbocycles. The Kier molecular flexibility index (Phi) is 6.56. The number of rotatable bonds is 7. The first kappa shape index (κ1) is 20.5. The SMILES string of the molecule is Cc1cnc(N/C(C=N)=C/NC2CCN(C)CC2)nc1-c1ccc(C(=O)O)cc1. The van der Waals surface area contributed by atoms with E-state index in [0.29, 0.717) is 23.4 Å². The number of likely N-dealkylation sites (tertiary alicyclic amines) is 1. The molecule has 2 aromatic rings. The third-order valence-electron chi connectivity index (χ3n) is 4.98. The van der Waals surface area contributed by atoms with E-state index in [9.17, 15) is 4.79 Å². The molecule has 3 rings (SSSR count). The summed E-state index contributed by atoms with van der Waals surface area (Å²) in [6, 6.07) is 6.97. The highest BCUT2D eigenvalue weighted by atomic mass is 16.4. The van der Waals surface area contributed by atoms with Gasteiger partial charge < -0.3 is 26.0 Å². The van der Waals surface area contributed by atoms with Crippen molar-refractivity contribution >= 4 is 18.1 Å². The zero-order valence-corrected chi connectivity index (χ0v) is 16.6. The van der Waals surface area contributed by atoms with Gasteiger partial charge in [-0.3, -0.25) is 0 Å². The third-order valence-corrected chi connectivity index (χ3v) is 4.98. The van der Waals surface area contributed by atoms with Crippen molar-refractivity contribution in [2.24, 2.45) is 0 Å². The van der Waals surface area contributed by atoms with Crippen molar-refractivity contribution in [3.8, 4) is 11.3 Å². The smallest absolute Gasteiger partial charge is 0.335 e. The summed E-state index contributed by atoms with van der Waals surface area (Å²) in [6.07, 6.45) is 6.87. The third kappa shape index (κ3) is 5.39. The van der Waals surface area contributed by atoms with Crippen molar-refractivity contribution in [3.63, 3.8) is 0 Å². The molecular formula is C21H26N6O2. The van der Waals surface area contributed by atoms with Crippen LogP contribution in [0.1, 0.15) is 28.8 Å². The average Bonchev–Trinajstić information content (AvgIpc) is 2.73. The van der Waals surface area contributed by atoms with Crippen molar-refractivity contribution in [2.75, 3.05) is 25.5 Å². The van der Waals surface area contributed by atoms with Crippen molar-refractivity contribution in [1.29, 1.82) is 5.41 Å². The van der Waals surface area contributed by atoms with E-state index in [0.717, 1.165) is 37.1 Å². The Balaban J connectivity index is 1.73. The summed E-state index contributed by atoms with van der Waals surface area (Å²) in [5, 5.41) is 23.2. The summed E-state index contributed by atoms with van der Waals surface area (Å²) < 4.78 is 0. The maximum Gasteiger partial charge on any atom is 0.335 e. The molecule has 1 aliphatic rings. The molecule has 0 unspecified atom stereocenters. The van der Waals surface area contributed by atoms with Gasteiger partial charge in [0.2, 0.25) is 5.95 Å². The minimum atomic E-state index is -0.962. The molecule has 2 heterocycles. The standard InChI is InChI=1S/C21H26N6O2/c1-14-12-24-21(26-19(14)15-3-5-16(6-4-15)20(28)29)25-18(11-22)13-23-17-7-9-27(2)10-8-17/h3-6,11-13,17,22-23H,7-10H2,1-2H3,(H,28,29)(H,24,25,26)/b18-13+,22-11?. The summed E-state index contributed by atoms with van der Waals surface area (Å²) >= 11 is 0. The second-order valence-corrected chi connectivity index (χ2v) is 7.22. The molecule has 1 aliphatic heterocycles. The molecule has 1 aromatic carbocycles. The quantitative estimate of drug-likeness (QED) is 0.534. The molecule has 0 amide bonds. The van der Waals surface area contributed by atoms with Gasteiger partial charge >= 0.3 is 5.97 Å². The number of hydrogen-bond donors (Lipinski definition) is 4. The molecule has 8 nitrogen and oxygen atoms in total. The van der Waals surface area contributed by atoms with Crippen LogP contribution >= 0.6 is 0 Å². The van der Waals surface area contributed by atoms with E-state index in [1.165, 1.54) is 6.21 Å². The predicted octanol–water partition coefficient (Wildman–Crippen LogP) is 2.74. The normalized spacial score (nSPS) is 15.7. The zero-order chi connectivity index (χ0) is 20.8. The molecule has 4 N–H and O–H groups in total. The maximum atomic E-state index is 11.0. The van der Waals surface area contributed by atoms with Crippen molar-refractivity contribution < 1.29 is 9.90 Å². The van der Waals surface area contributed by atoms with Crippen LogP contribution in [-0.4, -0.2) is 58.3 Å². The average molecular weight is 394 g/mol. The molecule has 152 valence electrons. The van der Waals surface area contributed by atoms with Crippen LogP contribution < -0.4 is 10.6 Å². The Morgan fingerprint density at radius 2 is 1.97 bits per heavy atom. The molecule has 0 atom stereocenters. The van der Waals surface area contributed by atoms with Gasteiger partial charge in [0.15, 0.2) is 0 Å². The fourth-order valence-corrected chi connectivity index (χ4v) is 3.19. The van der Waals surface area contributed by atoms with Gasteiger partial charge in [-0.1, -0.05) is 12.1 Å². The van der Waals surface area contributed by atoms with E-state index in [1.807, 2.05) is 6.92 Å². The number of carboxylic acid groups (broad SMARTS) is 1. The Labute approximate surface area is 170 Å². The maximum absolute atomic E-state index is 11.0. The van der Waals surface area contributed by atoms with Gasteiger partial charge in [-0.2, -0.15) is 0 Å². The van der Waals surface area contributed by atoms with Crippen LogP contribution in [0, 0.1) is 12.3 Å². The fraction of sp³-hybridized carbons (Fsp3) is 0.333. The first-order valence-electron chi connectivity index (χ1n) is 9.56. The lowest BCUT2D eigenvalue weighted by molar-refractivity contribution is 0.0697. The minimum absolute atomic E-state index is 0.229. The zero-order valence-electron chi connectivity index (χ0n) is 16.6. The van der Waals surface area contributed by atoms with E-state index in [2.05, 4.69) is 32.5 Å². The van der Waals surface area contributed by atoms with Gasteiger partial charge in [0.25, 0.3) is 0 Å². The summed E-state index contributed by atoms with van der Waals surface area (Å²) in [4.78, 5) is 22.2. The molecule has 1 fully saturated rings. The van der Waals surface area contributed by atoms with Crippen LogP contribution in [0.3, 0.4) is 0 Å². The van der Waals surface area contributed by atoms with Crippen LogP contribution in [0.4, 0.5) is 5.95 Å². The number of hydrogen-bond acceptors (Lipinski definition) is 7. The van der Waals surface area contributed by atoms with Gasteiger partial charge in [-0.15, -0.1) is 0 Å². The molecule has 0 bridgehead atoms. The molecule has 0 radical (unpaired) electrons. The van der Waals surface area contributed by atoms with Crippen LogP contribution in [0.15, 0.2) is 42.4 Å². The van der Waals surface area contributed by atoms with Gasteiger partial charge in [0, 0.05) is 30.2 Å². The van der Waals surface area contributed by atoms with Gasteiger partial charge in [-0.25, -0.2) is 14.8 Å². The van der Waals surface area contributed by atoms with Crippen molar-refractivity contribution in [2.45, 2.75) is 25.8 Å². The number of carboxylic acids is 1. The second-order valence-electron chi connectivity index (χ2n) is 7.22. The lowest BCUT2D eigenvalue weighted by Gasteiger charge is -2.29. The first-order valence-corrected chi connectivity index (χ1v) is 9.56. The molecule has 0 spiro atoms. The number of nitrogens with one attached hydrogen (secondary N) is 3. The van der Waals surface area contributed by atoms with Gasteiger partial charge in [-0.05, 0) is 57.6 Å². The first-order chi connectivity index (χ1) is 14.0. The molecule has 0 aliphatic carbocycles. The number of carbonyl (C=O) groups is 1. The number of anilines is 1. The molecule has 1 aromatic heterocycles. The van der Waals surface area contributed by atoms with Gasteiger partial charge in [0.05, 0.1) is 17.0 Å². The highest BCUT2D eigenvalue weighted by molar-refractivity contribution is 5.88. The number of piperidine rings is 1. The number of aryl methyl sites for hydroxylation is 1. The van der Waals surface area contributed by atoms with Crippen molar-refractivity contribution in [1.82, 2.24) is 20.2 Å². The monoisotopic (exact) mass is 394 g/mol. The lowest BCUT2D eigenvalue weighted by atomic mass is 10.1. The number of nitrogens with zero attached hydrogens (tertiary/aromatic N) is 3. The van der Waals surface area contributed by atoms with E-state index in [1.54, 1.807) is 36.7 Å². The van der Waals surface area contributed by atoms with Crippen LogP contribution in [0.2, 0.25) is 0 Å². The Morgan fingerprint density at radius 3 is 2.59 bits per heavy atom. The second kappa shape index (κ2) is 9.29. The van der Waals surface area contributed by atoms with Gasteiger partial charge in [0.1, 0.15) is 0 Å². The lowest BCUT2D eigenvalue weighted by Crippen LogP contribution is -2.39. The minimum Gasteiger partial charge on any atom is -0.478 e. The number of allylic oxidation sites excluding steroid dienone is 1. The highest BCUT2D eigenvalue weighted by Gasteiger charge is 2.15. The predicted molar refractivity (Wildman–Crippen MR) is 113 cm³/mol. The topological polar surface area (TPSA) is 114 Å². The highest BCUT2D eigenvalue weighted by Crippen LogP contribution is 2.22. The summed E-state index contributed by atoms with van der Waals surface area (Å²) in [5.74, 6) is -0.580. The van der Waals surface area contributed by atoms with E-state index in [-0.39, 0.29) is 5.56 Å². The van der Waals surface area contributed by atoms with E-state index in [4.69, 9.17) is 10.5 Å². The Hall–Kier alpha value is -3.26. The summed E-state index contributed by atoms with van der Waals surface area (Å²) in [6.45, 7) is 4.02. The Bertz CT molecular complexity index is 902. The molecule has 29 heavy (non-hydrogen) atoms. The van der Waals surface area contributed by atoms with E-state index < -0.39 is 5.97 Å². The van der Waals surface area contributed by atoms with E-state index >= 15 is 0 Å². The molecular weight excluding hydrogens is 368 g/mol. The summed E-state index contributed by atoms with van der Waals surface area (Å²) in [5.41, 5.74) is 3.20. The van der Waals surface area contributed by atoms with Crippen LogP contribution in [0.5, 0.6) is 0 Å². The molecule has 8 heteroatoms.